The number of quaternary nitrogens is 1. The second kappa shape index (κ2) is 7.81. The molecule has 7 heteroatoms. The lowest BCUT2D eigenvalue weighted by atomic mass is 9.89. The first kappa shape index (κ1) is 19.9. The van der Waals surface area contributed by atoms with Crippen molar-refractivity contribution < 1.29 is 13.7 Å². The summed E-state index contributed by atoms with van der Waals surface area (Å²) in [5.74, 6) is 0.367. The molecule has 0 unspecified atom stereocenters. The van der Waals surface area contributed by atoms with Crippen molar-refractivity contribution in [3.05, 3.63) is 51.3 Å². The van der Waals surface area contributed by atoms with Gasteiger partial charge < -0.3 is 5.32 Å². The third-order valence-electron chi connectivity index (χ3n) is 6.27. The van der Waals surface area contributed by atoms with Crippen LogP contribution in [-0.2, 0) is 29.2 Å². The van der Waals surface area contributed by atoms with Crippen LogP contribution in [0.4, 0.5) is 0 Å². The van der Waals surface area contributed by atoms with Crippen LogP contribution in [0.2, 0.25) is 5.15 Å². The van der Waals surface area contributed by atoms with Gasteiger partial charge >= 0.3 is 0 Å². The van der Waals surface area contributed by atoms with Crippen molar-refractivity contribution in [2.75, 3.05) is 11.5 Å². The lowest BCUT2D eigenvalue weighted by Gasteiger charge is -2.18. The minimum atomic E-state index is -2.96. The molecule has 2 heterocycles. The fourth-order valence-electron chi connectivity index (χ4n) is 4.46. The zero-order valence-corrected chi connectivity index (χ0v) is 18.2. The Morgan fingerprint density at radius 3 is 2.75 bits per heavy atom. The van der Waals surface area contributed by atoms with Crippen molar-refractivity contribution in [2.24, 2.45) is 0 Å². The molecule has 0 saturated carbocycles. The Hall–Kier alpha value is -1.37. The summed E-state index contributed by atoms with van der Waals surface area (Å²) in [5.41, 5.74) is 6.27. The minimum absolute atomic E-state index is 0.136. The highest BCUT2D eigenvalue weighted by atomic mass is 35.5. The van der Waals surface area contributed by atoms with E-state index < -0.39 is 9.84 Å². The summed E-state index contributed by atoms with van der Waals surface area (Å²) in [6, 6.07) is 7.12. The van der Waals surface area contributed by atoms with Gasteiger partial charge in [0.05, 0.1) is 28.8 Å². The van der Waals surface area contributed by atoms with Crippen molar-refractivity contribution in [3.8, 4) is 0 Å². The highest BCUT2D eigenvalue weighted by molar-refractivity contribution is 7.91. The second-order valence-corrected chi connectivity index (χ2v) is 10.9. The minimum Gasteiger partial charge on any atom is -0.336 e. The molecule has 0 amide bonds. The molecule has 0 spiro atoms. The van der Waals surface area contributed by atoms with Crippen molar-refractivity contribution in [3.63, 3.8) is 0 Å². The maximum atomic E-state index is 11.8. The van der Waals surface area contributed by atoms with Gasteiger partial charge in [0.2, 0.25) is 0 Å². The van der Waals surface area contributed by atoms with E-state index in [2.05, 4.69) is 35.5 Å². The number of nitrogens with zero attached hydrogens (tertiary/aromatic N) is 2. The van der Waals surface area contributed by atoms with E-state index >= 15 is 0 Å². The predicted molar refractivity (Wildman–Crippen MR) is 111 cm³/mol. The van der Waals surface area contributed by atoms with Crippen LogP contribution in [0.25, 0.3) is 0 Å². The van der Waals surface area contributed by atoms with Crippen molar-refractivity contribution in [1.82, 2.24) is 9.78 Å². The van der Waals surface area contributed by atoms with E-state index in [0.717, 1.165) is 17.8 Å². The summed E-state index contributed by atoms with van der Waals surface area (Å²) >= 11 is 6.61. The van der Waals surface area contributed by atoms with Crippen molar-refractivity contribution in [2.45, 2.75) is 64.6 Å². The van der Waals surface area contributed by atoms with Gasteiger partial charge in [-0.05, 0) is 63.1 Å². The van der Waals surface area contributed by atoms with Gasteiger partial charge in [-0.1, -0.05) is 23.7 Å². The molecule has 152 valence electrons. The molecule has 1 aromatic carbocycles. The van der Waals surface area contributed by atoms with E-state index in [1.807, 2.05) is 6.92 Å². The smallest absolute Gasteiger partial charge is 0.152 e. The van der Waals surface area contributed by atoms with Crippen LogP contribution in [0, 0.1) is 6.92 Å². The zero-order chi connectivity index (χ0) is 19.9. The third kappa shape index (κ3) is 4.00. The van der Waals surface area contributed by atoms with Gasteiger partial charge in [0.15, 0.2) is 9.84 Å². The monoisotopic (exact) mass is 422 g/mol. The van der Waals surface area contributed by atoms with Gasteiger partial charge in [0.25, 0.3) is 0 Å². The summed E-state index contributed by atoms with van der Waals surface area (Å²) in [6.07, 6.45) is 5.59. The molecule has 2 aromatic rings. The average molecular weight is 423 g/mol. The molecule has 0 radical (unpaired) electrons. The number of aromatic nitrogens is 2. The number of hydrogen-bond acceptors (Lipinski definition) is 3. The molecular weight excluding hydrogens is 394 g/mol. The topological polar surface area (TPSA) is 68.6 Å². The maximum Gasteiger partial charge on any atom is 0.152 e. The summed E-state index contributed by atoms with van der Waals surface area (Å²) in [4.78, 5) is 0. The Morgan fingerprint density at radius 1 is 1.29 bits per heavy atom. The summed E-state index contributed by atoms with van der Waals surface area (Å²) in [6.45, 7) is 4.92. The molecule has 2 aliphatic rings. The Kier molecular flexibility index (Phi) is 5.55. The number of rotatable bonds is 5. The molecular formula is C21H29ClN3O2S+. The first-order chi connectivity index (χ1) is 13.3. The molecule has 1 fully saturated rings. The van der Waals surface area contributed by atoms with E-state index in [1.54, 1.807) is 4.68 Å². The lowest BCUT2D eigenvalue weighted by molar-refractivity contribution is -0.708. The molecule has 1 aromatic heterocycles. The van der Waals surface area contributed by atoms with E-state index in [1.165, 1.54) is 42.4 Å². The average Bonchev–Trinajstić information content (AvgIpc) is 3.18. The molecule has 28 heavy (non-hydrogen) atoms. The van der Waals surface area contributed by atoms with E-state index in [4.69, 9.17) is 11.6 Å². The highest BCUT2D eigenvalue weighted by Gasteiger charge is 2.32. The van der Waals surface area contributed by atoms with Crippen LogP contribution in [0.15, 0.2) is 18.2 Å². The van der Waals surface area contributed by atoms with Crippen LogP contribution in [0.1, 0.15) is 66.2 Å². The molecule has 2 N–H and O–H groups in total. The van der Waals surface area contributed by atoms with E-state index in [-0.39, 0.29) is 17.5 Å². The molecule has 0 bridgehead atoms. The molecule has 1 aliphatic carbocycles. The van der Waals surface area contributed by atoms with Crippen molar-refractivity contribution in [1.29, 1.82) is 0 Å². The van der Waals surface area contributed by atoms with Gasteiger partial charge in [-0.25, -0.2) is 13.1 Å². The number of aryl methyl sites for hydroxylation is 3. The van der Waals surface area contributed by atoms with Crippen LogP contribution >= 0.6 is 11.6 Å². The van der Waals surface area contributed by atoms with E-state index in [9.17, 15) is 8.42 Å². The van der Waals surface area contributed by atoms with Crippen LogP contribution < -0.4 is 5.32 Å². The molecule has 1 saturated heterocycles. The van der Waals surface area contributed by atoms with Crippen LogP contribution in [0.3, 0.4) is 0 Å². The highest BCUT2D eigenvalue weighted by Crippen LogP contribution is 2.30. The molecule has 1 aliphatic heterocycles. The van der Waals surface area contributed by atoms with Gasteiger partial charge in [-0.15, -0.1) is 0 Å². The first-order valence-electron chi connectivity index (χ1n) is 10.2. The fraction of sp³-hybridized carbons (Fsp3) is 0.571. The quantitative estimate of drug-likeness (QED) is 0.805. The number of nitrogens with two attached hydrogens (primary N) is 1. The number of sulfone groups is 1. The normalized spacial score (nSPS) is 22.2. The largest absolute Gasteiger partial charge is 0.336 e. The second-order valence-electron chi connectivity index (χ2n) is 8.32. The molecule has 5 nitrogen and oxygen atoms in total. The zero-order valence-electron chi connectivity index (χ0n) is 16.6. The Balaban J connectivity index is 1.46. The Labute approximate surface area is 172 Å². The SMILES string of the molecule is Cc1nn([C@@H]2CCS(=O)(=O)C2)c(Cl)c1C[NH2+][C@@H](C)c1ccc2c(c1)CCCC2. The third-order valence-corrected chi connectivity index (χ3v) is 8.42. The van der Waals surface area contributed by atoms with Gasteiger partial charge in [-0.3, -0.25) is 0 Å². The predicted octanol–water partition coefficient (Wildman–Crippen LogP) is 2.91. The number of halogens is 1. The Morgan fingerprint density at radius 2 is 2.04 bits per heavy atom. The van der Waals surface area contributed by atoms with Crippen LogP contribution in [-0.4, -0.2) is 29.7 Å². The van der Waals surface area contributed by atoms with E-state index in [0.29, 0.717) is 17.6 Å². The standard InChI is InChI=1S/C21H28ClN3O2S/c1-14(17-8-7-16-5-3-4-6-18(16)11-17)23-12-20-15(2)24-25(21(20)22)19-9-10-28(26,27)13-19/h7-8,11,14,19,23H,3-6,9-10,12-13H2,1-2H3/p+1/t14-,19+/m0/s1. The summed E-state index contributed by atoms with van der Waals surface area (Å²) in [7, 11) is -2.96. The summed E-state index contributed by atoms with van der Waals surface area (Å²) in [5, 5.41) is 7.45. The van der Waals surface area contributed by atoms with Gasteiger partial charge in [0.1, 0.15) is 17.7 Å². The first-order valence-corrected chi connectivity index (χ1v) is 12.4. The van der Waals surface area contributed by atoms with Gasteiger partial charge in [0, 0.05) is 5.56 Å². The van der Waals surface area contributed by atoms with Crippen LogP contribution in [0.5, 0.6) is 0 Å². The fourth-order valence-corrected chi connectivity index (χ4v) is 6.54. The number of fused-ring (bicyclic) bond motifs is 1. The molecule has 4 rings (SSSR count). The molecule has 2 atom stereocenters. The van der Waals surface area contributed by atoms with Crippen molar-refractivity contribution >= 4 is 21.4 Å². The Bertz CT molecular complexity index is 984. The number of benzene rings is 1. The van der Waals surface area contributed by atoms with Gasteiger partial charge in [-0.2, -0.15) is 5.10 Å². The summed E-state index contributed by atoms with van der Waals surface area (Å²) < 4.78 is 25.3. The number of hydrogen-bond donors (Lipinski definition) is 1. The maximum absolute atomic E-state index is 11.8. The lowest BCUT2D eigenvalue weighted by Crippen LogP contribution is -2.83.